The van der Waals surface area contributed by atoms with Crippen molar-refractivity contribution >= 4 is 15.7 Å². The number of nitrogens with one attached hydrogen (secondary N) is 1. The maximum atomic E-state index is 11.9. The zero-order chi connectivity index (χ0) is 11.5. The Morgan fingerprint density at radius 1 is 1.47 bits per heavy atom. The number of sulfonamides is 1. The molecule has 0 atom stereocenters. The second-order valence-corrected chi connectivity index (χ2v) is 5.24. The summed E-state index contributed by atoms with van der Waals surface area (Å²) < 4.78 is 24.9. The lowest BCUT2D eigenvalue weighted by Crippen LogP contribution is -2.24. The van der Waals surface area contributed by atoms with Crippen molar-refractivity contribution in [1.82, 2.24) is 9.29 Å². The summed E-state index contributed by atoms with van der Waals surface area (Å²) in [6, 6.07) is 3.40. The fourth-order valence-corrected chi connectivity index (χ4v) is 2.05. The summed E-state index contributed by atoms with van der Waals surface area (Å²) >= 11 is 0. The Morgan fingerprint density at radius 2 is 2.13 bits per heavy atom. The predicted molar refractivity (Wildman–Crippen MR) is 59.3 cm³/mol. The van der Waals surface area contributed by atoms with Crippen molar-refractivity contribution in [2.45, 2.75) is 11.9 Å². The third-order valence-corrected chi connectivity index (χ3v) is 3.64. The highest BCUT2D eigenvalue weighted by atomic mass is 32.2. The fourth-order valence-electron chi connectivity index (χ4n) is 1.09. The largest absolute Gasteiger partial charge is 0.383 e. The first-order valence-corrected chi connectivity index (χ1v) is 6.05. The van der Waals surface area contributed by atoms with Gasteiger partial charge in [0.1, 0.15) is 0 Å². The number of hydrogen-bond acceptors (Lipinski definition) is 4. The van der Waals surface area contributed by atoms with E-state index in [0.29, 0.717) is 12.2 Å². The van der Waals surface area contributed by atoms with Crippen LogP contribution in [0.4, 0.5) is 5.69 Å². The molecular weight excluding hydrogens is 214 g/mol. The van der Waals surface area contributed by atoms with Crippen LogP contribution in [0.15, 0.2) is 23.4 Å². The second-order valence-electron chi connectivity index (χ2n) is 3.17. The minimum absolute atomic E-state index is 0.0665. The number of anilines is 1. The Kier molecular flexibility index (Phi) is 3.65. The summed E-state index contributed by atoms with van der Waals surface area (Å²) in [7, 11) is -0.498. The lowest BCUT2D eigenvalue weighted by atomic mass is 10.4. The standard InChI is InChI=1S/C9H15N3O2S/c1-4-10-8-6-5-7-11-9(8)15(13,14)12(2)3/h5-7,10H,4H2,1-3H3. The van der Waals surface area contributed by atoms with E-state index in [4.69, 9.17) is 0 Å². The van der Waals surface area contributed by atoms with E-state index >= 15 is 0 Å². The molecule has 0 saturated heterocycles. The fraction of sp³-hybridized carbons (Fsp3) is 0.444. The molecule has 0 radical (unpaired) electrons. The van der Waals surface area contributed by atoms with Gasteiger partial charge in [0.2, 0.25) is 0 Å². The van der Waals surface area contributed by atoms with Crippen LogP contribution in [0.5, 0.6) is 0 Å². The molecule has 0 aliphatic carbocycles. The first-order chi connectivity index (χ1) is 7.00. The van der Waals surface area contributed by atoms with E-state index < -0.39 is 10.0 Å². The number of nitrogens with zero attached hydrogens (tertiary/aromatic N) is 2. The van der Waals surface area contributed by atoms with Crippen LogP contribution < -0.4 is 5.32 Å². The van der Waals surface area contributed by atoms with Crippen LogP contribution in [-0.4, -0.2) is 38.3 Å². The van der Waals surface area contributed by atoms with Crippen molar-refractivity contribution in [3.63, 3.8) is 0 Å². The van der Waals surface area contributed by atoms with E-state index in [1.807, 2.05) is 6.92 Å². The zero-order valence-corrected chi connectivity index (χ0v) is 9.87. The highest BCUT2D eigenvalue weighted by molar-refractivity contribution is 7.89. The van der Waals surface area contributed by atoms with Crippen LogP contribution in [0.2, 0.25) is 0 Å². The molecule has 0 aliphatic rings. The molecule has 1 N–H and O–H groups in total. The van der Waals surface area contributed by atoms with Gasteiger partial charge in [-0.05, 0) is 19.1 Å². The van der Waals surface area contributed by atoms with Gasteiger partial charge in [0.25, 0.3) is 10.0 Å². The van der Waals surface area contributed by atoms with Gasteiger partial charge in [-0.1, -0.05) is 0 Å². The van der Waals surface area contributed by atoms with Gasteiger partial charge < -0.3 is 5.32 Å². The molecular formula is C9H15N3O2S. The number of pyridine rings is 1. The highest BCUT2D eigenvalue weighted by Crippen LogP contribution is 2.19. The zero-order valence-electron chi connectivity index (χ0n) is 9.06. The predicted octanol–water partition coefficient (Wildman–Crippen LogP) is 0.764. The summed E-state index contributed by atoms with van der Waals surface area (Å²) in [5.74, 6) is 0. The van der Waals surface area contributed by atoms with Gasteiger partial charge in [0, 0.05) is 26.8 Å². The Morgan fingerprint density at radius 3 is 2.67 bits per heavy atom. The van der Waals surface area contributed by atoms with Crippen molar-refractivity contribution < 1.29 is 8.42 Å². The van der Waals surface area contributed by atoms with Crippen molar-refractivity contribution in [3.8, 4) is 0 Å². The van der Waals surface area contributed by atoms with Crippen molar-refractivity contribution in [2.24, 2.45) is 0 Å². The highest BCUT2D eigenvalue weighted by Gasteiger charge is 2.22. The molecule has 1 rings (SSSR count). The van der Waals surface area contributed by atoms with Crippen LogP contribution in [0.25, 0.3) is 0 Å². The van der Waals surface area contributed by atoms with Gasteiger partial charge in [0.05, 0.1) is 5.69 Å². The molecule has 0 spiro atoms. The van der Waals surface area contributed by atoms with Crippen LogP contribution in [0, 0.1) is 0 Å². The SMILES string of the molecule is CCNc1cccnc1S(=O)(=O)N(C)C. The maximum absolute atomic E-state index is 11.9. The minimum Gasteiger partial charge on any atom is -0.383 e. The molecule has 0 aromatic carbocycles. The summed E-state index contributed by atoms with van der Waals surface area (Å²) in [4.78, 5) is 3.90. The molecule has 0 bridgehead atoms. The number of hydrogen-bond donors (Lipinski definition) is 1. The molecule has 1 aromatic heterocycles. The second kappa shape index (κ2) is 4.59. The van der Waals surface area contributed by atoms with E-state index in [1.165, 1.54) is 20.3 Å². The van der Waals surface area contributed by atoms with Gasteiger partial charge in [0.15, 0.2) is 5.03 Å². The Hall–Kier alpha value is -1.14. The summed E-state index contributed by atoms with van der Waals surface area (Å²) in [6.45, 7) is 2.56. The van der Waals surface area contributed by atoms with Crippen LogP contribution in [0.1, 0.15) is 6.92 Å². The average Bonchev–Trinajstić information content (AvgIpc) is 2.18. The molecule has 0 aliphatic heterocycles. The molecule has 1 heterocycles. The van der Waals surface area contributed by atoms with Gasteiger partial charge in [-0.2, -0.15) is 0 Å². The molecule has 0 unspecified atom stereocenters. The number of rotatable bonds is 4. The molecule has 5 nitrogen and oxygen atoms in total. The van der Waals surface area contributed by atoms with Crippen LogP contribution in [0.3, 0.4) is 0 Å². The summed E-state index contributed by atoms with van der Waals surface area (Å²) in [6.07, 6.45) is 1.47. The summed E-state index contributed by atoms with van der Waals surface area (Å²) in [5, 5.41) is 3.04. The van der Waals surface area contributed by atoms with E-state index in [1.54, 1.807) is 12.1 Å². The molecule has 0 amide bonds. The normalized spacial score (nSPS) is 11.7. The number of aromatic nitrogens is 1. The molecule has 15 heavy (non-hydrogen) atoms. The van der Waals surface area contributed by atoms with E-state index in [2.05, 4.69) is 10.3 Å². The summed E-state index contributed by atoms with van der Waals surface area (Å²) in [5.41, 5.74) is 0.536. The molecule has 0 fully saturated rings. The third-order valence-electron chi connectivity index (χ3n) is 1.86. The quantitative estimate of drug-likeness (QED) is 0.828. The lowest BCUT2D eigenvalue weighted by molar-refractivity contribution is 0.517. The molecule has 84 valence electrons. The molecule has 6 heteroatoms. The third kappa shape index (κ3) is 2.45. The van der Waals surface area contributed by atoms with Gasteiger partial charge in [-0.3, -0.25) is 0 Å². The first kappa shape index (κ1) is 11.9. The maximum Gasteiger partial charge on any atom is 0.262 e. The monoisotopic (exact) mass is 229 g/mol. The van der Waals surface area contributed by atoms with E-state index in [9.17, 15) is 8.42 Å². The first-order valence-electron chi connectivity index (χ1n) is 4.61. The van der Waals surface area contributed by atoms with Gasteiger partial charge in [-0.25, -0.2) is 17.7 Å². The topological polar surface area (TPSA) is 62.3 Å². The Labute approximate surface area is 90.2 Å². The van der Waals surface area contributed by atoms with E-state index in [0.717, 1.165) is 4.31 Å². The Bertz CT molecular complexity index is 429. The van der Waals surface area contributed by atoms with Crippen molar-refractivity contribution in [2.75, 3.05) is 26.0 Å². The van der Waals surface area contributed by atoms with Crippen LogP contribution >= 0.6 is 0 Å². The molecule has 1 aromatic rings. The molecule has 0 saturated carbocycles. The van der Waals surface area contributed by atoms with Crippen LogP contribution in [-0.2, 0) is 10.0 Å². The van der Waals surface area contributed by atoms with Crippen molar-refractivity contribution in [3.05, 3.63) is 18.3 Å². The lowest BCUT2D eigenvalue weighted by Gasteiger charge is -2.14. The Balaban J connectivity index is 3.25. The van der Waals surface area contributed by atoms with Gasteiger partial charge >= 0.3 is 0 Å². The van der Waals surface area contributed by atoms with Crippen molar-refractivity contribution in [1.29, 1.82) is 0 Å². The van der Waals surface area contributed by atoms with Gasteiger partial charge in [-0.15, -0.1) is 0 Å². The smallest absolute Gasteiger partial charge is 0.262 e. The average molecular weight is 229 g/mol. The van der Waals surface area contributed by atoms with E-state index in [-0.39, 0.29) is 5.03 Å². The minimum atomic E-state index is -3.47.